The maximum Gasteiger partial charge on any atom is 0.261 e. The second kappa shape index (κ2) is 5.02. The summed E-state index contributed by atoms with van der Waals surface area (Å²) in [5.41, 5.74) is 1.36. The SMILES string of the molecule is O=C(N[C@@H]1CCCC[C@H]1O)c1cc2c(s1)CCC2. The molecule has 0 bridgehead atoms. The molecule has 1 saturated carbocycles. The van der Waals surface area contributed by atoms with Crippen LogP contribution >= 0.6 is 11.3 Å². The maximum atomic E-state index is 12.2. The standard InChI is InChI=1S/C14H19NO2S/c16-11-6-2-1-5-10(11)15-14(17)13-8-9-4-3-7-12(9)18-13/h8,10-11,16H,1-7H2,(H,15,17)/t10-,11-/m1/s1. The minimum absolute atomic E-state index is 0.000324. The maximum absolute atomic E-state index is 12.2. The first-order valence-electron chi connectivity index (χ1n) is 6.84. The van der Waals surface area contributed by atoms with E-state index < -0.39 is 0 Å². The number of amides is 1. The largest absolute Gasteiger partial charge is 0.391 e. The molecular weight excluding hydrogens is 246 g/mol. The number of aliphatic hydroxyl groups is 1. The second-order valence-corrected chi connectivity index (χ2v) is 6.48. The van der Waals surface area contributed by atoms with Crippen LogP contribution in [0.25, 0.3) is 0 Å². The lowest BCUT2D eigenvalue weighted by atomic mass is 9.92. The van der Waals surface area contributed by atoms with Crippen LogP contribution in [0.1, 0.15) is 52.2 Å². The number of hydrogen-bond acceptors (Lipinski definition) is 3. The van der Waals surface area contributed by atoms with Crippen molar-refractivity contribution in [2.45, 2.75) is 57.1 Å². The van der Waals surface area contributed by atoms with Gasteiger partial charge >= 0.3 is 0 Å². The fourth-order valence-electron chi connectivity index (χ4n) is 2.96. The van der Waals surface area contributed by atoms with Crippen molar-refractivity contribution in [1.29, 1.82) is 0 Å². The summed E-state index contributed by atoms with van der Waals surface area (Å²) in [6.07, 6.45) is 6.98. The van der Waals surface area contributed by atoms with Gasteiger partial charge in [0.05, 0.1) is 17.0 Å². The molecule has 0 aliphatic heterocycles. The third kappa shape index (κ3) is 2.31. The normalized spacial score (nSPS) is 26.9. The first-order chi connectivity index (χ1) is 8.74. The summed E-state index contributed by atoms with van der Waals surface area (Å²) >= 11 is 1.63. The summed E-state index contributed by atoms with van der Waals surface area (Å²) in [6.45, 7) is 0. The van der Waals surface area contributed by atoms with E-state index in [4.69, 9.17) is 0 Å². The quantitative estimate of drug-likeness (QED) is 0.862. The van der Waals surface area contributed by atoms with E-state index in [-0.39, 0.29) is 18.1 Å². The highest BCUT2D eigenvalue weighted by Crippen LogP contribution is 2.30. The van der Waals surface area contributed by atoms with Crippen molar-refractivity contribution in [2.75, 3.05) is 0 Å². The highest BCUT2D eigenvalue weighted by molar-refractivity contribution is 7.14. The molecule has 1 amide bonds. The number of fused-ring (bicyclic) bond motifs is 1. The van der Waals surface area contributed by atoms with Crippen molar-refractivity contribution in [3.8, 4) is 0 Å². The summed E-state index contributed by atoms with van der Waals surface area (Å²) in [7, 11) is 0. The van der Waals surface area contributed by atoms with Crippen molar-refractivity contribution in [1.82, 2.24) is 5.32 Å². The third-order valence-corrected chi connectivity index (χ3v) is 5.25. The van der Waals surface area contributed by atoms with Crippen LogP contribution < -0.4 is 5.32 Å². The summed E-state index contributed by atoms with van der Waals surface area (Å²) < 4.78 is 0. The molecule has 2 aliphatic carbocycles. The van der Waals surface area contributed by atoms with Gasteiger partial charge in [-0.2, -0.15) is 0 Å². The summed E-state index contributed by atoms with van der Waals surface area (Å²) in [6, 6.07) is 1.99. The molecule has 0 radical (unpaired) electrons. The van der Waals surface area contributed by atoms with Crippen LogP contribution in [-0.4, -0.2) is 23.2 Å². The van der Waals surface area contributed by atoms with Gasteiger partial charge < -0.3 is 10.4 Å². The van der Waals surface area contributed by atoms with Gasteiger partial charge in [0.1, 0.15) is 0 Å². The predicted molar refractivity (Wildman–Crippen MR) is 72.1 cm³/mol. The molecule has 2 atom stereocenters. The zero-order chi connectivity index (χ0) is 12.5. The van der Waals surface area contributed by atoms with Gasteiger partial charge in [-0.1, -0.05) is 12.8 Å². The van der Waals surface area contributed by atoms with Crippen molar-refractivity contribution < 1.29 is 9.90 Å². The Morgan fingerprint density at radius 2 is 2.11 bits per heavy atom. The number of aryl methyl sites for hydroxylation is 2. The number of aliphatic hydroxyl groups excluding tert-OH is 1. The molecule has 3 rings (SSSR count). The van der Waals surface area contributed by atoms with Crippen LogP contribution in [0.2, 0.25) is 0 Å². The zero-order valence-corrected chi connectivity index (χ0v) is 11.3. The molecule has 0 aromatic carbocycles. The fourth-order valence-corrected chi connectivity index (χ4v) is 4.12. The summed E-state index contributed by atoms with van der Waals surface area (Å²) in [5, 5.41) is 12.9. The Bertz CT molecular complexity index is 433. The average Bonchev–Trinajstić information content (AvgIpc) is 2.92. The van der Waals surface area contributed by atoms with Crippen molar-refractivity contribution in [3.63, 3.8) is 0 Å². The molecule has 0 unspecified atom stereocenters. The lowest BCUT2D eigenvalue weighted by molar-refractivity contribution is 0.0720. The number of rotatable bonds is 2. The highest BCUT2D eigenvalue weighted by Gasteiger charge is 2.26. The number of thiophene rings is 1. The van der Waals surface area contributed by atoms with E-state index >= 15 is 0 Å². The Kier molecular flexibility index (Phi) is 3.39. The molecule has 18 heavy (non-hydrogen) atoms. The van der Waals surface area contributed by atoms with Crippen LogP contribution in [0.15, 0.2) is 6.07 Å². The first-order valence-corrected chi connectivity index (χ1v) is 7.66. The number of carbonyl (C=O) groups is 1. The van der Waals surface area contributed by atoms with Gasteiger partial charge in [-0.25, -0.2) is 0 Å². The van der Waals surface area contributed by atoms with Crippen LogP contribution in [0, 0.1) is 0 Å². The van der Waals surface area contributed by atoms with Crippen LogP contribution in [0.4, 0.5) is 0 Å². The van der Waals surface area contributed by atoms with Gasteiger partial charge in [-0.05, 0) is 43.7 Å². The van der Waals surface area contributed by atoms with Gasteiger partial charge in [0, 0.05) is 4.88 Å². The van der Waals surface area contributed by atoms with E-state index in [1.165, 1.54) is 16.9 Å². The number of hydrogen-bond donors (Lipinski definition) is 2. The fraction of sp³-hybridized carbons (Fsp3) is 0.643. The van der Waals surface area contributed by atoms with Gasteiger partial charge in [0.2, 0.25) is 0 Å². The predicted octanol–water partition coefficient (Wildman–Crippen LogP) is 2.27. The lowest BCUT2D eigenvalue weighted by Gasteiger charge is -2.28. The molecule has 1 heterocycles. The number of nitrogens with one attached hydrogen (secondary N) is 1. The Morgan fingerprint density at radius 1 is 1.28 bits per heavy atom. The molecule has 1 aromatic heterocycles. The van der Waals surface area contributed by atoms with Gasteiger partial charge in [-0.3, -0.25) is 4.79 Å². The van der Waals surface area contributed by atoms with E-state index in [9.17, 15) is 9.90 Å². The Hall–Kier alpha value is -0.870. The third-order valence-electron chi connectivity index (χ3n) is 4.02. The van der Waals surface area contributed by atoms with Crippen LogP contribution in [0.5, 0.6) is 0 Å². The molecule has 2 N–H and O–H groups in total. The molecule has 1 aromatic rings. The van der Waals surface area contributed by atoms with Crippen molar-refractivity contribution >= 4 is 17.2 Å². The van der Waals surface area contributed by atoms with E-state index in [2.05, 4.69) is 5.32 Å². The van der Waals surface area contributed by atoms with E-state index in [0.29, 0.717) is 0 Å². The van der Waals surface area contributed by atoms with Crippen molar-refractivity contribution in [2.24, 2.45) is 0 Å². The van der Waals surface area contributed by atoms with Crippen LogP contribution in [-0.2, 0) is 12.8 Å². The number of carbonyl (C=O) groups excluding carboxylic acids is 1. The molecule has 0 spiro atoms. The average molecular weight is 265 g/mol. The van der Waals surface area contributed by atoms with Crippen LogP contribution in [0.3, 0.4) is 0 Å². The first kappa shape index (κ1) is 12.2. The Morgan fingerprint density at radius 3 is 2.89 bits per heavy atom. The van der Waals surface area contributed by atoms with Gasteiger partial charge in [-0.15, -0.1) is 11.3 Å². The Balaban J connectivity index is 1.66. The minimum Gasteiger partial charge on any atom is -0.391 e. The molecule has 1 fully saturated rings. The molecule has 98 valence electrons. The van der Waals surface area contributed by atoms with E-state index in [0.717, 1.165) is 43.4 Å². The molecule has 4 heteroatoms. The minimum atomic E-state index is -0.366. The molecule has 3 nitrogen and oxygen atoms in total. The summed E-state index contributed by atoms with van der Waals surface area (Å²) in [5.74, 6) is 0.000324. The van der Waals surface area contributed by atoms with Gasteiger partial charge in [0.15, 0.2) is 0 Å². The second-order valence-electron chi connectivity index (χ2n) is 5.34. The monoisotopic (exact) mass is 265 g/mol. The zero-order valence-electron chi connectivity index (χ0n) is 10.4. The smallest absolute Gasteiger partial charge is 0.261 e. The highest BCUT2D eigenvalue weighted by atomic mass is 32.1. The molecule has 0 saturated heterocycles. The summed E-state index contributed by atoms with van der Waals surface area (Å²) in [4.78, 5) is 14.3. The Labute approximate surface area is 111 Å². The topological polar surface area (TPSA) is 49.3 Å². The molecular formula is C14H19NO2S. The van der Waals surface area contributed by atoms with E-state index in [1.807, 2.05) is 6.07 Å². The van der Waals surface area contributed by atoms with Gasteiger partial charge in [0.25, 0.3) is 5.91 Å². The van der Waals surface area contributed by atoms with Crippen molar-refractivity contribution in [3.05, 3.63) is 21.4 Å². The van der Waals surface area contributed by atoms with E-state index in [1.54, 1.807) is 11.3 Å². The lowest BCUT2D eigenvalue weighted by Crippen LogP contribution is -2.44. The molecule has 2 aliphatic rings.